The van der Waals surface area contributed by atoms with Gasteiger partial charge in [0.1, 0.15) is 11.4 Å². The van der Waals surface area contributed by atoms with Crippen molar-refractivity contribution in [2.24, 2.45) is 5.92 Å². The first-order valence-corrected chi connectivity index (χ1v) is 8.61. The first-order chi connectivity index (χ1) is 9.65. The fourth-order valence-corrected chi connectivity index (χ4v) is 4.20. The highest BCUT2D eigenvalue weighted by Gasteiger charge is 2.42. The monoisotopic (exact) mass is 337 g/mol. The van der Waals surface area contributed by atoms with Crippen molar-refractivity contribution in [3.05, 3.63) is 28.2 Å². The highest BCUT2D eigenvalue weighted by atomic mass is 79.9. The van der Waals surface area contributed by atoms with Crippen LogP contribution < -0.4 is 10.1 Å². The van der Waals surface area contributed by atoms with Gasteiger partial charge in [0.05, 0.1) is 0 Å². The van der Waals surface area contributed by atoms with Gasteiger partial charge >= 0.3 is 0 Å². The van der Waals surface area contributed by atoms with E-state index in [9.17, 15) is 0 Å². The van der Waals surface area contributed by atoms with Crippen molar-refractivity contribution in [2.45, 2.75) is 57.1 Å². The standard InChI is InChI=1S/C17H24BrNO/c1-3-12-6-8-17(9-7-12)11-15(19-2)14-10-13(18)4-5-16(14)20-17/h4-5,10,12,15,19H,3,6-9,11H2,1-2H3. The molecule has 110 valence electrons. The molecule has 0 radical (unpaired) electrons. The Morgan fingerprint density at radius 1 is 1.35 bits per heavy atom. The van der Waals surface area contributed by atoms with E-state index in [-0.39, 0.29) is 5.60 Å². The van der Waals surface area contributed by atoms with E-state index in [1.54, 1.807) is 0 Å². The van der Waals surface area contributed by atoms with E-state index in [1.165, 1.54) is 37.7 Å². The molecule has 1 unspecified atom stereocenters. The summed E-state index contributed by atoms with van der Waals surface area (Å²) in [5, 5.41) is 3.48. The number of rotatable bonds is 2. The van der Waals surface area contributed by atoms with E-state index in [0.29, 0.717) is 6.04 Å². The molecule has 1 N–H and O–H groups in total. The molecule has 1 aromatic rings. The van der Waals surface area contributed by atoms with E-state index in [1.807, 2.05) is 0 Å². The van der Waals surface area contributed by atoms with E-state index in [4.69, 9.17) is 4.74 Å². The maximum Gasteiger partial charge on any atom is 0.125 e. The Bertz CT molecular complexity index is 480. The molecule has 0 amide bonds. The van der Waals surface area contributed by atoms with Crippen molar-refractivity contribution in [3.63, 3.8) is 0 Å². The molecule has 1 aliphatic carbocycles. The topological polar surface area (TPSA) is 21.3 Å². The molecule has 0 saturated heterocycles. The molecular formula is C17H24BrNO. The second kappa shape index (κ2) is 5.69. The second-order valence-electron chi connectivity index (χ2n) is 6.36. The molecule has 2 nitrogen and oxygen atoms in total. The lowest BCUT2D eigenvalue weighted by Crippen LogP contribution is -2.46. The predicted octanol–water partition coefficient (Wildman–Crippen LogP) is 4.83. The van der Waals surface area contributed by atoms with Gasteiger partial charge in [-0.05, 0) is 56.8 Å². The third kappa shape index (κ3) is 2.62. The zero-order valence-electron chi connectivity index (χ0n) is 12.4. The van der Waals surface area contributed by atoms with E-state index >= 15 is 0 Å². The molecule has 3 heteroatoms. The Kier molecular flexibility index (Phi) is 4.09. The molecule has 1 aromatic carbocycles. The number of benzene rings is 1. The van der Waals surface area contributed by atoms with Crippen LogP contribution in [0.5, 0.6) is 5.75 Å². The first kappa shape index (κ1) is 14.4. The molecule has 1 atom stereocenters. The second-order valence-corrected chi connectivity index (χ2v) is 7.28. The third-order valence-corrected chi connectivity index (χ3v) is 5.69. The average molecular weight is 338 g/mol. The minimum Gasteiger partial charge on any atom is -0.487 e. The van der Waals surface area contributed by atoms with Gasteiger partial charge in [0.25, 0.3) is 0 Å². The van der Waals surface area contributed by atoms with Crippen molar-refractivity contribution in [1.82, 2.24) is 5.32 Å². The van der Waals surface area contributed by atoms with Gasteiger partial charge in [-0.1, -0.05) is 29.3 Å². The summed E-state index contributed by atoms with van der Waals surface area (Å²) in [5.74, 6) is 1.98. The number of halogens is 1. The van der Waals surface area contributed by atoms with Crippen LogP contribution in [-0.2, 0) is 0 Å². The summed E-state index contributed by atoms with van der Waals surface area (Å²) >= 11 is 3.57. The highest BCUT2D eigenvalue weighted by Crippen LogP contribution is 2.47. The minimum absolute atomic E-state index is 0.0696. The van der Waals surface area contributed by atoms with Crippen molar-refractivity contribution >= 4 is 15.9 Å². The van der Waals surface area contributed by atoms with Gasteiger partial charge in [-0.3, -0.25) is 0 Å². The number of fused-ring (bicyclic) bond motifs is 1. The van der Waals surface area contributed by atoms with Gasteiger partial charge in [-0.25, -0.2) is 0 Å². The van der Waals surface area contributed by atoms with Crippen LogP contribution in [0.15, 0.2) is 22.7 Å². The summed E-state index contributed by atoms with van der Waals surface area (Å²) in [5.41, 5.74) is 1.37. The molecule has 1 saturated carbocycles. The van der Waals surface area contributed by atoms with Gasteiger partial charge in [0.15, 0.2) is 0 Å². The molecule has 1 fully saturated rings. The molecular weight excluding hydrogens is 314 g/mol. The fourth-order valence-electron chi connectivity index (χ4n) is 3.82. The molecule has 0 aromatic heterocycles. The highest BCUT2D eigenvalue weighted by molar-refractivity contribution is 9.10. The zero-order chi connectivity index (χ0) is 14.2. The van der Waals surface area contributed by atoms with Crippen molar-refractivity contribution in [2.75, 3.05) is 7.05 Å². The summed E-state index contributed by atoms with van der Waals surface area (Å²) in [7, 11) is 2.06. The first-order valence-electron chi connectivity index (χ1n) is 7.81. The van der Waals surface area contributed by atoms with Crippen LogP contribution in [0.25, 0.3) is 0 Å². The van der Waals surface area contributed by atoms with Crippen LogP contribution in [-0.4, -0.2) is 12.6 Å². The van der Waals surface area contributed by atoms with Crippen LogP contribution in [0.3, 0.4) is 0 Å². The van der Waals surface area contributed by atoms with E-state index < -0.39 is 0 Å². The Morgan fingerprint density at radius 2 is 2.10 bits per heavy atom. The largest absolute Gasteiger partial charge is 0.487 e. The van der Waals surface area contributed by atoms with Crippen molar-refractivity contribution < 1.29 is 4.74 Å². The summed E-state index contributed by atoms with van der Waals surface area (Å²) in [6.45, 7) is 2.31. The normalized spacial score (nSPS) is 32.8. The molecule has 2 aliphatic rings. The molecule has 20 heavy (non-hydrogen) atoms. The summed E-state index contributed by atoms with van der Waals surface area (Å²) in [6, 6.07) is 6.81. The van der Waals surface area contributed by atoms with Gasteiger partial charge in [0, 0.05) is 22.5 Å². The van der Waals surface area contributed by atoms with Crippen LogP contribution in [0.1, 0.15) is 57.1 Å². The van der Waals surface area contributed by atoms with Crippen LogP contribution in [0.4, 0.5) is 0 Å². The maximum absolute atomic E-state index is 6.48. The lowest BCUT2D eigenvalue weighted by molar-refractivity contribution is -0.0143. The molecule has 1 heterocycles. The number of hydrogen-bond acceptors (Lipinski definition) is 2. The number of nitrogens with one attached hydrogen (secondary N) is 1. The van der Waals surface area contributed by atoms with Gasteiger partial charge < -0.3 is 10.1 Å². The van der Waals surface area contributed by atoms with Gasteiger partial charge in [-0.15, -0.1) is 0 Å². The average Bonchev–Trinajstić information content (AvgIpc) is 2.48. The lowest BCUT2D eigenvalue weighted by Gasteiger charge is -2.46. The maximum atomic E-state index is 6.48. The Morgan fingerprint density at radius 3 is 2.75 bits per heavy atom. The van der Waals surface area contributed by atoms with Crippen molar-refractivity contribution in [1.29, 1.82) is 0 Å². The smallest absolute Gasteiger partial charge is 0.125 e. The summed E-state index contributed by atoms with van der Waals surface area (Å²) in [4.78, 5) is 0. The lowest BCUT2D eigenvalue weighted by atomic mass is 9.73. The molecule has 1 aliphatic heterocycles. The summed E-state index contributed by atoms with van der Waals surface area (Å²) in [6.07, 6.45) is 7.47. The van der Waals surface area contributed by atoms with Crippen LogP contribution in [0, 0.1) is 5.92 Å². The van der Waals surface area contributed by atoms with Gasteiger partial charge in [0.2, 0.25) is 0 Å². The number of ether oxygens (including phenoxy) is 1. The van der Waals surface area contributed by atoms with E-state index in [0.717, 1.165) is 22.6 Å². The Labute approximate surface area is 130 Å². The SMILES string of the molecule is CCC1CCC2(CC1)CC(NC)c1cc(Br)ccc1O2. The van der Waals surface area contributed by atoms with Crippen LogP contribution in [0.2, 0.25) is 0 Å². The van der Waals surface area contributed by atoms with Gasteiger partial charge in [-0.2, -0.15) is 0 Å². The Hall–Kier alpha value is -0.540. The predicted molar refractivity (Wildman–Crippen MR) is 86.2 cm³/mol. The van der Waals surface area contributed by atoms with E-state index in [2.05, 4.69) is 53.4 Å². The zero-order valence-corrected chi connectivity index (χ0v) is 14.0. The molecule has 3 rings (SSSR count). The van der Waals surface area contributed by atoms with Crippen LogP contribution >= 0.6 is 15.9 Å². The quantitative estimate of drug-likeness (QED) is 0.834. The molecule has 0 bridgehead atoms. The fraction of sp³-hybridized carbons (Fsp3) is 0.647. The van der Waals surface area contributed by atoms with Crippen molar-refractivity contribution in [3.8, 4) is 5.75 Å². The minimum atomic E-state index is 0.0696. The summed E-state index contributed by atoms with van der Waals surface area (Å²) < 4.78 is 7.61. The molecule has 1 spiro atoms. The Balaban J connectivity index is 1.86. The third-order valence-electron chi connectivity index (χ3n) is 5.19. The number of hydrogen-bond donors (Lipinski definition) is 1.